The number of hydrogen-bond acceptors (Lipinski definition) is 3. The summed E-state index contributed by atoms with van der Waals surface area (Å²) < 4.78 is 0. The zero-order chi connectivity index (χ0) is 34.0. The average molecular weight is 607 g/mol. The number of carbonyl (C=O) groups is 1. The van der Waals surface area contributed by atoms with Crippen LogP contribution < -0.4 is 0 Å². The number of phenolic OH excluding ortho intramolecular Hbond substituents is 2. The van der Waals surface area contributed by atoms with Crippen molar-refractivity contribution in [3.8, 4) is 11.5 Å². The van der Waals surface area contributed by atoms with E-state index < -0.39 is 0 Å². The predicted molar refractivity (Wildman–Crippen MR) is 190 cm³/mol. The molecule has 2 N–H and O–H groups in total. The van der Waals surface area contributed by atoms with Crippen molar-refractivity contribution >= 4 is 6.29 Å². The first-order chi connectivity index (χ1) is 20.9. The molecule has 0 amide bonds. The summed E-state index contributed by atoms with van der Waals surface area (Å²) >= 11 is 0. The van der Waals surface area contributed by atoms with Crippen LogP contribution in [-0.2, 0) is 16.2 Å². The Bertz CT molecular complexity index is 1610. The number of rotatable bonds is 7. The Labute approximate surface area is 272 Å². The Morgan fingerprint density at radius 3 is 1.51 bits per heavy atom. The molecule has 0 spiro atoms. The quantitative estimate of drug-likeness (QED) is 0.206. The van der Waals surface area contributed by atoms with E-state index in [0.717, 1.165) is 34.1 Å². The number of aromatic hydroxyl groups is 2. The standard InChI is InChI=1S/C40H48O3.C2H6/c1-37(2,3)33-24-31(19-21-35(33)43)40(9,10)29-13-11-12-28(22-29)39(7,8)30-18-20-34(42)32(23-30)36(38(4,5)6)27-16-14-26(25-41)15-17-27;1-2/h11-25,36,42-43H,1-10H3;1-2H3. The molecule has 0 bridgehead atoms. The predicted octanol–water partition coefficient (Wildman–Crippen LogP) is 11.1. The van der Waals surface area contributed by atoms with E-state index in [2.05, 4.69) is 106 Å². The molecule has 0 aromatic heterocycles. The Hall–Kier alpha value is -3.85. The van der Waals surface area contributed by atoms with Crippen LogP contribution in [0, 0.1) is 5.41 Å². The third-order valence-electron chi connectivity index (χ3n) is 9.16. The minimum atomic E-state index is -0.343. The summed E-state index contributed by atoms with van der Waals surface area (Å²) in [6.07, 6.45) is 0.858. The van der Waals surface area contributed by atoms with Crippen molar-refractivity contribution in [1.29, 1.82) is 0 Å². The van der Waals surface area contributed by atoms with Gasteiger partial charge in [-0.1, -0.05) is 156 Å². The van der Waals surface area contributed by atoms with Gasteiger partial charge in [-0.05, 0) is 56.3 Å². The minimum Gasteiger partial charge on any atom is -0.508 e. The summed E-state index contributed by atoms with van der Waals surface area (Å²) in [6, 6.07) is 28.5. The number of phenols is 2. The van der Waals surface area contributed by atoms with Gasteiger partial charge in [0.2, 0.25) is 0 Å². The lowest BCUT2D eigenvalue weighted by atomic mass is 9.69. The minimum absolute atomic E-state index is 0.0688. The first-order valence-corrected chi connectivity index (χ1v) is 16.2. The molecule has 3 nitrogen and oxygen atoms in total. The van der Waals surface area contributed by atoms with Crippen molar-refractivity contribution < 1.29 is 15.0 Å². The van der Waals surface area contributed by atoms with Gasteiger partial charge in [-0.25, -0.2) is 0 Å². The van der Waals surface area contributed by atoms with E-state index in [9.17, 15) is 15.0 Å². The zero-order valence-corrected chi connectivity index (χ0v) is 29.5. The molecule has 4 aromatic carbocycles. The maximum absolute atomic E-state index is 11.3. The molecule has 4 rings (SSSR count). The summed E-state index contributed by atoms with van der Waals surface area (Å²) in [5.74, 6) is 0.537. The van der Waals surface area contributed by atoms with Crippen LogP contribution in [-0.4, -0.2) is 16.5 Å². The van der Waals surface area contributed by atoms with Crippen molar-refractivity contribution in [2.45, 2.75) is 105 Å². The van der Waals surface area contributed by atoms with Crippen molar-refractivity contribution in [3.63, 3.8) is 0 Å². The van der Waals surface area contributed by atoms with Gasteiger partial charge in [0.05, 0.1) is 0 Å². The van der Waals surface area contributed by atoms with Crippen molar-refractivity contribution in [2.24, 2.45) is 5.41 Å². The number of aldehydes is 1. The summed E-state index contributed by atoms with van der Waals surface area (Å²) in [4.78, 5) is 11.3. The van der Waals surface area contributed by atoms with E-state index in [1.165, 1.54) is 11.1 Å². The van der Waals surface area contributed by atoms with Gasteiger partial charge in [0, 0.05) is 27.9 Å². The lowest BCUT2D eigenvalue weighted by Crippen LogP contribution is -2.24. The topological polar surface area (TPSA) is 57.5 Å². The normalized spacial score (nSPS) is 13.1. The highest BCUT2D eigenvalue weighted by molar-refractivity contribution is 5.74. The number of hydrogen-bond donors (Lipinski definition) is 2. The van der Waals surface area contributed by atoms with Gasteiger partial charge < -0.3 is 10.2 Å². The summed E-state index contributed by atoms with van der Waals surface area (Å²) in [6.45, 7) is 25.9. The zero-order valence-electron chi connectivity index (χ0n) is 29.5. The van der Waals surface area contributed by atoms with E-state index in [1.807, 2.05) is 62.4 Å². The van der Waals surface area contributed by atoms with Crippen molar-refractivity contribution in [3.05, 3.63) is 129 Å². The van der Waals surface area contributed by atoms with Crippen molar-refractivity contribution in [1.82, 2.24) is 0 Å². The fourth-order valence-corrected chi connectivity index (χ4v) is 6.24. The molecule has 4 aromatic rings. The second-order valence-corrected chi connectivity index (χ2v) is 15.2. The van der Waals surface area contributed by atoms with E-state index >= 15 is 0 Å². The lowest BCUT2D eigenvalue weighted by molar-refractivity contribution is 0.112. The molecule has 45 heavy (non-hydrogen) atoms. The smallest absolute Gasteiger partial charge is 0.150 e. The van der Waals surface area contributed by atoms with Crippen LogP contribution in [0.5, 0.6) is 11.5 Å². The third kappa shape index (κ3) is 7.52. The number of benzene rings is 4. The highest BCUT2D eigenvalue weighted by atomic mass is 16.3. The van der Waals surface area contributed by atoms with Crippen LogP contribution in [0.15, 0.2) is 84.9 Å². The highest BCUT2D eigenvalue weighted by Crippen LogP contribution is 2.46. The van der Waals surface area contributed by atoms with Crippen LogP contribution in [0.25, 0.3) is 0 Å². The second-order valence-electron chi connectivity index (χ2n) is 15.2. The molecule has 0 aliphatic heterocycles. The van der Waals surface area contributed by atoms with Gasteiger partial charge >= 0.3 is 0 Å². The van der Waals surface area contributed by atoms with Gasteiger partial charge in [-0.15, -0.1) is 0 Å². The van der Waals surface area contributed by atoms with Crippen LogP contribution in [0.4, 0.5) is 0 Å². The first kappa shape index (κ1) is 35.6. The molecule has 0 saturated heterocycles. The SMILES string of the molecule is CC.CC(C)(C)c1cc(C(C)(C)c2cccc(C(C)(C)c3ccc(O)c(C(c4ccc(C=O)cc4)C(C)(C)C)c3)c2)ccc1O. The molecule has 3 heteroatoms. The lowest BCUT2D eigenvalue weighted by Gasteiger charge is -2.35. The van der Waals surface area contributed by atoms with Crippen LogP contribution in [0.3, 0.4) is 0 Å². The molecule has 0 aliphatic carbocycles. The van der Waals surface area contributed by atoms with Crippen LogP contribution >= 0.6 is 0 Å². The second kappa shape index (κ2) is 13.3. The fraction of sp³-hybridized carbons (Fsp3) is 0.405. The molecule has 0 aliphatic rings. The Morgan fingerprint density at radius 2 is 1.04 bits per heavy atom. The fourth-order valence-electron chi connectivity index (χ4n) is 6.24. The maximum atomic E-state index is 11.3. The van der Waals surface area contributed by atoms with E-state index in [4.69, 9.17) is 0 Å². The molecule has 1 unspecified atom stereocenters. The largest absolute Gasteiger partial charge is 0.508 e. The van der Waals surface area contributed by atoms with Gasteiger partial charge in [-0.3, -0.25) is 4.79 Å². The molecule has 1 atom stereocenters. The first-order valence-electron chi connectivity index (χ1n) is 16.2. The molecule has 240 valence electrons. The Balaban J connectivity index is 0.00000271. The van der Waals surface area contributed by atoms with E-state index in [0.29, 0.717) is 11.3 Å². The maximum Gasteiger partial charge on any atom is 0.150 e. The monoisotopic (exact) mass is 606 g/mol. The molecule has 0 saturated carbocycles. The Morgan fingerprint density at radius 1 is 0.578 bits per heavy atom. The van der Waals surface area contributed by atoms with Gasteiger partial charge in [0.25, 0.3) is 0 Å². The summed E-state index contributed by atoms with van der Waals surface area (Å²) in [5.41, 5.74) is 7.22. The van der Waals surface area contributed by atoms with E-state index in [-0.39, 0.29) is 33.3 Å². The highest BCUT2D eigenvalue weighted by Gasteiger charge is 2.33. The summed E-state index contributed by atoms with van der Waals surface area (Å²) in [7, 11) is 0. The molecular weight excluding hydrogens is 552 g/mol. The Kier molecular flexibility index (Phi) is 10.5. The molecule has 0 radical (unpaired) electrons. The molecule has 0 heterocycles. The van der Waals surface area contributed by atoms with Gasteiger partial charge in [-0.2, -0.15) is 0 Å². The van der Waals surface area contributed by atoms with Gasteiger partial charge in [0.15, 0.2) is 0 Å². The molecule has 0 fully saturated rings. The van der Waals surface area contributed by atoms with Crippen LogP contribution in [0.2, 0.25) is 0 Å². The summed E-state index contributed by atoms with van der Waals surface area (Å²) in [5, 5.41) is 21.7. The number of carbonyl (C=O) groups excluding carboxylic acids is 1. The van der Waals surface area contributed by atoms with E-state index in [1.54, 1.807) is 0 Å². The van der Waals surface area contributed by atoms with Crippen LogP contribution in [0.1, 0.15) is 138 Å². The molecular formula is C42H54O3. The van der Waals surface area contributed by atoms with Gasteiger partial charge in [0.1, 0.15) is 17.8 Å². The average Bonchev–Trinajstić information content (AvgIpc) is 2.98. The van der Waals surface area contributed by atoms with Crippen molar-refractivity contribution in [2.75, 3.05) is 0 Å². The third-order valence-corrected chi connectivity index (χ3v) is 9.16.